The standard InChI is InChI=1S/C18H16ClN3O4/c19-14-5-7-15(8-6-14)22-10-9-17(20-22)26-11-13-3-1-2-4-16(13)21(12-23)18(24)25/h1-10,23H,11-12H2,(H,24,25). The highest BCUT2D eigenvalue weighted by atomic mass is 35.5. The predicted octanol–water partition coefficient (Wildman–Crippen LogP) is 3.54. The predicted molar refractivity (Wildman–Crippen MR) is 96.9 cm³/mol. The summed E-state index contributed by atoms with van der Waals surface area (Å²) >= 11 is 5.88. The first-order chi connectivity index (χ1) is 12.6. The molecule has 2 aromatic carbocycles. The highest BCUT2D eigenvalue weighted by molar-refractivity contribution is 6.30. The van der Waals surface area contributed by atoms with Crippen molar-refractivity contribution in [1.82, 2.24) is 9.78 Å². The van der Waals surface area contributed by atoms with Crippen LogP contribution in [0.2, 0.25) is 5.02 Å². The van der Waals surface area contributed by atoms with Gasteiger partial charge in [-0.3, -0.25) is 4.90 Å². The van der Waals surface area contributed by atoms with Crippen molar-refractivity contribution < 1.29 is 19.7 Å². The number of amides is 1. The third kappa shape index (κ3) is 3.96. The van der Waals surface area contributed by atoms with E-state index >= 15 is 0 Å². The molecule has 0 fully saturated rings. The number of nitrogens with zero attached hydrogens (tertiary/aromatic N) is 3. The molecule has 1 aromatic heterocycles. The van der Waals surface area contributed by atoms with Crippen LogP contribution in [0.4, 0.5) is 10.5 Å². The van der Waals surface area contributed by atoms with Crippen molar-refractivity contribution in [2.45, 2.75) is 6.61 Å². The van der Waals surface area contributed by atoms with Gasteiger partial charge in [0.2, 0.25) is 5.88 Å². The molecule has 0 saturated heterocycles. The maximum Gasteiger partial charge on any atom is 0.413 e. The van der Waals surface area contributed by atoms with E-state index in [1.807, 2.05) is 12.1 Å². The molecule has 1 heterocycles. The summed E-state index contributed by atoms with van der Waals surface area (Å²) in [4.78, 5) is 12.1. The van der Waals surface area contributed by atoms with Gasteiger partial charge in [-0.1, -0.05) is 29.8 Å². The fraction of sp³-hybridized carbons (Fsp3) is 0.111. The minimum absolute atomic E-state index is 0.109. The quantitative estimate of drug-likeness (QED) is 0.645. The second-order valence-electron chi connectivity index (χ2n) is 5.34. The zero-order valence-corrected chi connectivity index (χ0v) is 14.4. The van der Waals surface area contributed by atoms with Gasteiger partial charge in [0.25, 0.3) is 0 Å². The van der Waals surface area contributed by atoms with E-state index in [1.165, 1.54) is 0 Å². The van der Waals surface area contributed by atoms with Crippen LogP contribution in [0.15, 0.2) is 60.8 Å². The minimum Gasteiger partial charge on any atom is -0.472 e. The fourth-order valence-electron chi connectivity index (χ4n) is 2.41. The Morgan fingerprint density at radius 2 is 1.88 bits per heavy atom. The average molecular weight is 374 g/mol. The first kappa shape index (κ1) is 17.8. The van der Waals surface area contributed by atoms with Crippen LogP contribution in [0.5, 0.6) is 5.88 Å². The molecule has 0 saturated carbocycles. The molecule has 7 nitrogen and oxygen atoms in total. The zero-order chi connectivity index (χ0) is 18.5. The Labute approximate surface area is 154 Å². The summed E-state index contributed by atoms with van der Waals surface area (Å²) in [6, 6.07) is 15.7. The van der Waals surface area contributed by atoms with Crippen LogP contribution >= 0.6 is 11.6 Å². The Hall–Kier alpha value is -3.03. The van der Waals surface area contributed by atoms with Crippen LogP contribution in [0.25, 0.3) is 5.69 Å². The molecule has 0 aliphatic heterocycles. The van der Waals surface area contributed by atoms with Gasteiger partial charge < -0.3 is 14.9 Å². The fourth-order valence-corrected chi connectivity index (χ4v) is 2.54. The Morgan fingerprint density at radius 1 is 1.15 bits per heavy atom. The number of aliphatic hydroxyl groups excluding tert-OH is 1. The van der Waals surface area contributed by atoms with Crippen LogP contribution in [0, 0.1) is 0 Å². The van der Waals surface area contributed by atoms with Gasteiger partial charge in [0, 0.05) is 22.8 Å². The number of aromatic nitrogens is 2. The highest BCUT2D eigenvalue weighted by Crippen LogP contribution is 2.22. The largest absolute Gasteiger partial charge is 0.472 e. The van der Waals surface area contributed by atoms with E-state index in [4.69, 9.17) is 16.3 Å². The molecule has 3 aromatic rings. The van der Waals surface area contributed by atoms with Crippen LogP contribution in [0.3, 0.4) is 0 Å². The smallest absolute Gasteiger partial charge is 0.413 e. The van der Waals surface area contributed by atoms with Crippen molar-refractivity contribution >= 4 is 23.4 Å². The lowest BCUT2D eigenvalue weighted by Gasteiger charge is -2.19. The summed E-state index contributed by atoms with van der Waals surface area (Å²) in [5.74, 6) is 0.389. The number of hydrogen-bond acceptors (Lipinski definition) is 4. The van der Waals surface area contributed by atoms with Gasteiger partial charge in [0.15, 0.2) is 0 Å². The molecule has 2 N–H and O–H groups in total. The Balaban J connectivity index is 1.74. The molecule has 1 amide bonds. The van der Waals surface area contributed by atoms with Crippen LogP contribution in [0.1, 0.15) is 5.56 Å². The van der Waals surface area contributed by atoms with E-state index in [9.17, 15) is 15.0 Å². The van der Waals surface area contributed by atoms with Crippen molar-refractivity contribution in [2.24, 2.45) is 0 Å². The second-order valence-corrected chi connectivity index (χ2v) is 5.78. The lowest BCUT2D eigenvalue weighted by Crippen LogP contribution is -2.31. The molecule has 8 heteroatoms. The topological polar surface area (TPSA) is 87.8 Å². The maximum atomic E-state index is 11.2. The van der Waals surface area contributed by atoms with Gasteiger partial charge in [-0.05, 0) is 30.3 Å². The number of carbonyl (C=O) groups is 1. The molecule has 0 spiro atoms. The van der Waals surface area contributed by atoms with Gasteiger partial charge in [-0.2, -0.15) is 0 Å². The second kappa shape index (κ2) is 7.90. The van der Waals surface area contributed by atoms with Crippen LogP contribution < -0.4 is 9.64 Å². The monoisotopic (exact) mass is 373 g/mol. The van der Waals surface area contributed by atoms with Crippen LogP contribution in [-0.2, 0) is 6.61 Å². The number of anilines is 1. The maximum absolute atomic E-state index is 11.2. The van der Waals surface area contributed by atoms with Crippen molar-refractivity contribution in [3.63, 3.8) is 0 Å². The SMILES string of the molecule is O=C(O)N(CO)c1ccccc1COc1ccn(-c2ccc(Cl)cc2)n1. The number of hydrogen-bond donors (Lipinski definition) is 2. The Kier molecular flexibility index (Phi) is 5.40. The van der Waals surface area contributed by atoms with E-state index in [1.54, 1.807) is 53.3 Å². The number of para-hydroxylation sites is 1. The van der Waals surface area contributed by atoms with Gasteiger partial charge >= 0.3 is 6.09 Å². The van der Waals surface area contributed by atoms with E-state index in [0.717, 1.165) is 10.6 Å². The summed E-state index contributed by atoms with van der Waals surface area (Å²) in [5, 5.41) is 23.4. The van der Waals surface area contributed by atoms with Gasteiger partial charge in [-0.15, -0.1) is 5.10 Å². The number of halogens is 1. The van der Waals surface area contributed by atoms with Crippen molar-refractivity contribution in [2.75, 3.05) is 11.6 Å². The van der Waals surface area contributed by atoms with Crippen molar-refractivity contribution in [3.8, 4) is 11.6 Å². The first-order valence-electron chi connectivity index (χ1n) is 7.72. The number of aliphatic hydroxyl groups is 1. The third-order valence-electron chi connectivity index (χ3n) is 3.69. The number of carboxylic acid groups (broad SMARTS) is 1. The third-order valence-corrected chi connectivity index (χ3v) is 3.94. The van der Waals surface area contributed by atoms with Gasteiger partial charge in [0.05, 0.1) is 11.4 Å². The molecule has 0 aliphatic carbocycles. The average Bonchev–Trinajstić information content (AvgIpc) is 3.11. The lowest BCUT2D eigenvalue weighted by atomic mass is 10.2. The van der Waals surface area contributed by atoms with Gasteiger partial charge in [0.1, 0.15) is 13.3 Å². The highest BCUT2D eigenvalue weighted by Gasteiger charge is 2.16. The summed E-state index contributed by atoms with van der Waals surface area (Å²) < 4.78 is 7.32. The van der Waals surface area contributed by atoms with E-state index in [0.29, 0.717) is 22.2 Å². The van der Waals surface area contributed by atoms with E-state index in [2.05, 4.69) is 5.10 Å². The molecule has 134 valence electrons. The summed E-state index contributed by atoms with van der Waals surface area (Å²) in [6.07, 6.45) is 0.508. The molecule has 0 radical (unpaired) electrons. The first-order valence-corrected chi connectivity index (χ1v) is 8.10. The van der Waals surface area contributed by atoms with Crippen molar-refractivity contribution in [1.29, 1.82) is 0 Å². The molecular weight excluding hydrogens is 358 g/mol. The molecule has 0 bridgehead atoms. The van der Waals surface area contributed by atoms with Crippen molar-refractivity contribution in [3.05, 3.63) is 71.4 Å². The number of benzene rings is 2. The molecule has 0 atom stereocenters. The molecule has 26 heavy (non-hydrogen) atoms. The summed E-state index contributed by atoms with van der Waals surface area (Å²) in [6.45, 7) is -0.533. The molecule has 3 rings (SSSR count). The number of rotatable bonds is 6. The zero-order valence-electron chi connectivity index (χ0n) is 13.6. The normalized spacial score (nSPS) is 10.5. The molecule has 0 aliphatic rings. The van der Waals surface area contributed by atoms with E-state index < -0.39 is 12.8 Å². The summed E-state index contributed by atoms with van der Waals surface area (Å²) in [7, 11) is 0. The van der Waals surface area contributed by atoms with E-state index in [-0.39, 0.29) is 6.61 Å². The molecule has 0 unspecified atom stereocenters. The Bertz CT molecular complexity index is 895. The van der Waals surface area contributed by atoms with Gasteiger partial charge in [-0.25, -0.2) is 9.48 Å². The molecular formula is C18H16ClN3O4. The number of ether oxygens (including phenoxy) is 1. The summed E-state index contributed by atoms with van der Waals surface area (Å²) in [5.41, 5.74) is 1.81. The Morgan fingerprint density at radius 3 is 2.58 bits per heavy atom. The minimum atomic E-state index is -1.24. The van der Waals surface area contributed by atoms with Crippen LogP contribution in [-0.4, -0.2) is 32.8 Å². The lowest BCUT2D eigenvalue weighted by molar-refractivity contribution is 0.189.